The number of hydrogen-bond donors (Lipinski definition) is 1. The molecule has 0 saturated heterocycles. The van der Waals surface area contributed by atoms with Crippen molar-refractivity contribution in [2.75, 3.05) is 13.6 Å². The fourth-order valence-corrected chi connectivity index (χ4v) is 3.12. The first kappa shape index (κ1) is 15.9. The van der Waals surface area contributed by atoms with Crippen molar-refractivity contribution in [3.8, 4) is 10.6 Å². The van der Waals surface area contributed by atoms with Crippen LogP contribution in [-0.4, -0.2) is 28.6 Å². The van der Waals surface area contributed by atoms with E-state index >= 15 is 0 Å². The molecule has 0 spiro atoms. The minimum atomic E-state index is -0.660. The molecule has 23 heavy (non-hydrogen) atoms. The second kappa shape index (κ2) is 7.04. The van der Waals surface area contributed by atoms with Crippen LogP contribution in [0.25, 0.3) is 10.6 Å². The van der Waals surface area contributed by atoms with E-state index in [0.717, 1.165) is 16.3 Å². The number of halogens is 1. The molecule has 0 aliphatic rings. The van der Waals surface area contributed by atoms with Gasteiger partial charge in [0, 0.05) is 24.0 Å². The molecule has 1 unspecified atom stereocenters. The van der Waals surface area contributed by atoms with Gasteiger partial charge in [-0.2, -0.15) is 0 Å². The molecule has 3 aromatic rings. The van der Waals surface area contributed by atoms with Crippen molar-refractivity contribution in [2.24, 2.45) is 0 Å². The Balaban J connectivity index is 1.58. The predicted octanol–water partition coefficient (Wildman–Crippen LogP) is 3.71. The van der Waals surface area contributed by atoms with Gasteiger partial charge in [0.25, 0.3) is 0 Å². The van der Waals surface area contributed by atoms with Gasteiger partial charge >= 0.3 is 0 Å². The predicted molar refractivity (Wildman–Crippen MR) is 87.5 cm³/mol. The molecule has 3 rings (SSSR count). The molecule has 2 aromatic heterocycles. The summed E-state index contributed by atoms with van der Waals surface area (Å²) in [6, 6.07) is 7.80. The molecular formula is C17H17FN2O2S. The van der Waals surface area contributed by atoms with Crippen LogP contribution in [0, 0.1) is 5.82 Å². The minimum absolute atomic E-state index is 0.302. The van der Waals surface area contributed by atoms with Crippen LogP contribution in [0.4, 0.5) is 4.39 Å². The third-order valence-electron chi connectivity index (χ3n) is 3.49. The van der Waals surface area contributed by atoms with Crippen molar-refractivity contribution >= 4 is 11.3 Å². The fourth-order valence-electron chi connectivity index (χ4n) is 2.32. The van der Waals surface area contributed by atoms with Crippen LogP contribution in [0.3, 0.4) is 0 Å². The van der Waals surface area contributed by atoms with E-state index < -0.39 is 6.10 Å². The van der Waals surface area contributed by atoms with Crippen LogP contribution >= 0.6 is 11.3 Å². The van der Waals surface area contributed by atoms with Gasteiger partial charge in [0.15, 0.2) is 0 Å². The lowest BCUT2D eigenvalue weighted by atomic mass is 10.1. The van der Waals surface area contributed by atoms with Crippen molar-refractivity contribution in [2.45, 2.75) is 12.6 Å². The third-order valence-corrected chi connectivity index (χ3v) is 4.43. The van der Waals surface area contributed by atoms with E-state index in [1.807, 2.05) is 23.4 Å². The molecular weight excluding hydrogens is 315 g/mol. The molecule has 0 amide bonds. The Morgan fingerprint density at radius 3 is 2.78 bits per heavy atom. The van der Waals surface area contributed by atoms with Gasteiger partial charge in [0.2, 0.25) is 0 Å². The summed E-state index contributed by atoms with van der Waals surface area (Å²) in [6.45, 7) is 1.08. The Morgan fingerprint density at radius 1 is 1.30 bits per heavy atom. The van der Waals surface area contributed by atoms with Crippen LogP contribution in [0.2, 0.25) is 0 Å². The summed E-state index contributed by atoms with van der Waals surface area (Å²) < 4.78 is 18.0. The number of furan rings is 1. The summed E-state index contributed by atoms with van der Waals surface area (Å²) in [5.74, 6) is -0.302. The molecule has 4 nitrogen and oxygen atoms in total. The Hall–Kier alpha value is -2.02. The SMILES string of the molecule is CN(Cc1csc(-c2ccoc2)n1)CC(O)c1ccc(F)cc1. The van der Waals surface area contributed by atoms with Gasteiger partial charge in [-0.1, -0.05) is 12.1 Å². The number of aliphatic hydroxyl groups excluding tert-OH is 1. The monoisotopic (exact) mass is 332 g/mol. The first-order chi connectivity index (χ1) is 11.1. The van der Waals surface area contributed by atoms with Crippen molar-refractivity contribution < 1.29 is 13.9 Å². The van der Waals surface area contributed by atoms with Crippen LogP contribution < -0.4 is 0 Å². The van der Waals surface area contributed by atoms with Gasteiger partial charge in [0.05, 0.1) is 18.1 Å². The van der Waals surface area contributed by atoms with Gasteiger partial charge in [0.1, 0.15) is 17.1 Å². The maximum absolute atomic E-state index is 12.9. The number of likely N-dealkylation sites (N-methyl/N-ethyl adjacent to an activating group) is 1. The molecule has 0 saturated carbocycles. The lowest BCUT2D eigenvalue weighted by Gasteiger charge is -2.19. The average molecular weight is 332 g/mol. The van der Waals surface area contributed by atoms with Crippen molar-refractivity contribution in [3.05, 3.63) is 65.3 Å². The Kier molecular flexibility index (Phi) is 4.85. The Labute approximate surface area is 137 Å². The standard InChI is InChI=1S/C17H17FN2O2S/c1-20(9-16(21)12-2-4-14(18)5-3-12)8-15-11-23-17(19-15)13-6-7-22-10-13/h2-7,10-11,16,21H,8-9H2,1H3. The Bertz CT molecular complexity index is 740. The summed E-state index contributed by atoms with van der Waals surface area (Å²) in [5, 5.41) is 13.1. The smallest absolute Gasteiger partial charge is 0.126 e. The van der Waals surface area contributed by atoms with Gasteiger partial charge in [-0.15, -0.1) is 11.3 Å². The van der Waals surface area contributed by atoms with Crippen molar-refractivity contribution in [1.29, 1.82) is 0 Å². The lowest BCUT2D eigenvalue weighted by Crippen LogP contribution is -2.24. The lowest BCUT2D eigenvalue weighted by molar-refractivity contribution is 0.123. The molecule has 2 heterocycles. The molecule has 1 atom stereocenters. The van der Waals surface area contributed by atoms with E-state index in [0.29, 0.717) is 18.7 Å². The molecule has 6 heteroatoms. The van der Waals surface area contributed by atoms with E-state index in [9.17, 15) is 9.50 Å². The van der Waals surface area contributed by atoms with Crippen LogP contribution in [0.1, 0.15) is 17.4 Å². The normalized spacial score (nSPS) is 12.7. The highest BCUT2D eigenvalue weighted by molar-refractivity contribution is 7.13. The average Bonchev–Trinajstić information content (AvgIpc) is 3.18. The summed E-state index contributed by atoms with van der Waals surface area (Å²) in [4.78, 5) is 6.56. The highest BCUT2D eigenvalue weighted by Crippen LogP contribution is 2.24. The van der Waals surface area contributed by atoms with Crippen LogP contribution in [-0.2, 0) is 6.54 Å². The molecule has 120 valence electrons. The third kappa shape index (κ3) is 4.04. The van der Waals surface area contributed by atoms with E-state index in [1.54, 1.807) is 36.0 Å². The zero-order valence-corrected chi connectivity index (χ0v) is 13.5. The maximum atomic E-state index is 12.9. The number of aliphatic hydroxyl groups is 1. The summed E-state index contributed by atoms with van der Waals surface area (Å²) in [7, 11) is 1.92. The van der Waals surface area contributed by atoms with Crippen LogP contribution in [0.5, 0.6) is 0 Å². The Morgan fingerprint density at radius 2 is 2.09 bits per heavy atom. The second-order valence-electron chi connectivity index (χ2n) is 5.42. The molecule has 1 N–H and O–H groups in total. The van der Waals surface area contributed by atoms with Crippen molar-refractivity contribution in [3.63, 3.8) is 0 Å². The van der Waals surface area contributed by atoms with E-state index in [4.69, 9.17) is 4.42 Å². The first-order valence-electron chi connectivity index (χ1n) is 7.21. The van der Waals surface area contributed by atoms with E-state index in [2.05, 4.69) is 4.98 Å². The minimum Gasteiger partial charge on any atom is -0.472 e. The van der Waals surface area contributed by atoms with Gasteiger partial charge < -0.3 is 9.52 Å². The highest BCUT2D eigenvalue weighted by atomic mass is 32.1. The topological polar surface area (TPSA) is 49.5 Å². The number of benzene rings is 1. The molecule has 0 aliphatic carbocycles. The van der Waals surface area contributed by atoms with Gasteiger partial charge in [-0.25, -0.2) is 9.37 Å². The number of rotatable bonds is 6. The van der Waals surface area contributed by atoms with Gasteiger partial charge in [-0.05, 0) is 30.8 Å². The zero-order valence-electron chi connectivity index (χ0n) is 12.6. The molecule has 0 aliphatic heterocycles. The molecule has 1 aromatic carbocycles. The number of hydrogen-bond acceptors (Lipinski definition) is 5. The fraction of sp³-hybridized carbons (Fsp3) is 0.235. The summed E-state index contributed by atoms with van der Waals surface area (Å²) >= 11 is 1.56. The van der Waals surface area contributed by atoms with Gasteiger partial charge in [-0.3, -0.25) is 4.90 Å². The summed E-state index contributed by atoms with van der Waals surface area (Å²) in [5.41, 5.74) is 2.62. The molecule has 0 bridgehead atoms. The van der Waals surface area contributed by atoms with E-state index in [1.165, 1.54) is 12.1 Å². The second-order valence-corrected chi connectivity index (χ2v) is 6.28. The largest absolute Gasteiger partial charge is 0.472 e. The quantitative estimate of drug-likeness (QED) is 0.748. The van der Waals surface area contributed by atoms with E-state index in [-0.39, 0.29) is 5.82 Å². The van der Waals surface area contributed by atoms with Crippen molar-refractivity contribution in [1.82, 2.24) is 9.88 Å². The number of nitrogens with zero attached hydrogens (tertiary/aromatic N) is 2. The molecule has 0 fully saturated rings. The summed E-state index contributed by atoms with van der Waals surface area (Å²) in [6.07, 6.45) is 2.64. The highest BCUT2D eigenvalue weighted by Gasteiger charge is 2.13. The zero-order chi connectivity index (χ0) is 16.2. The number of aromatic nitrogens is 1. The molecule has 0 radical (unpaired) electrons. The maximum Gasteiger partial charge on any atom is 0.126 e. The number of thiazole rings is 1. The van der Waals surface area contributed by atoms with Crippen LogP contribution in [0.15, 0.2) is 52.7 Å². The first-order valence-corrected chi connectivity index (χ1v) is 8.09.